The molecule has 21 heavy (non-hydrogen) atoms. The van der Waals surface area contributed by atoms with Crippen molar-refractivity contribution in [2.75, 3.05) is 38.7 Å². The van der Waals surface area contributed by atoms with Gasteiger partial charge in [-0.15, -0.1) is 0 Å². The Kier molecular flexibility index (Phi) is 5.78. The number of anilines is 1. The molecule has 0 saturated carbocycles. The van der Waals surface area contributed by atoms with Crippen molar-refractivity contribution < 1.29 is 14.6 Å². The van der Waals surface area contributed by atoms with Crippen molar-refractivity contribution in [3.63, 3.8) is 0 Å². The smallest absolute Gasteiger partial charge is 0.274 e. The van der Waals surface area contributed by atoms with Gasteiger partial charge in [0, 0.05) is 20.1 Å². The van der Waals surface area contributed by atoms with E-state index in [1.807, 2.05) is 0 Å². The molecule has 1 amide bonds. The molecule has 0 atom stereocenters. The number of aromatic nitrogens is 1. The van der Waals surface area contributed by atoms with Crippen LogP contribution in [0.2, 0.25) is 5.02 Å². The number of halogens is 1. The molecule has 1 saturated heterocycles. The van der Waals surface area contributed by atoms with Gasteiger partial charge >= 0.3 is 0 Å². The Morgan fingerprint density at radius 1 is 1.52 bits per heavy atom. The van der Waals surface area contributed by atoms with Crippen LogP contribution in [0.25, 0.3) is 0 Å². The molecular formula is C14H20ClN3O3. The second-order valence-electron chi connectivity index (χ2n) is 4.86. The normalized spacial score (nSPS) is 16.0. The Hall–Kier alpha value is -1.37. The monoisotopic (exact) mass is 313 g/mol. The van der Waals surface area contributed by atoms with Crippen molar-refractivity contribution in [3.05, 3.63) is 22.8 Å². The number of likely N-dealkylation sites (tertiary alicyclic amines) is 1. The van der Waals surface area contributed by atoms with Gasteiger partial charge in [-0.25, -0.2) is 4.98 Å². The van der Waals surface area contributed by atoms with E-state index in [2.05, 4.69) is 10.3 Å². The van der Waals surface area contributed by atoms with Gasteiger partial charge in [0.15, 0.2) is 0 Å². The number of hydrogen-bond donors (Lipinski definition) is 2. The number of carbonyl (C=O) groups is 1. The molecule has 2 heterocycles. The van der Waals surface area contributed by atoms with E-state index in [1.54, 1.807) is 24.1 Å². The van der Waals surface area contributed by atoms with E-state index in [1.165, 1.54) is 0 Å². The largest absolute Gasteiger partial charge is 0.394 e. The minimum absolute atomic E-state index is 0.0233. The van der Waals surface area contributed by atoms with Crippen LogP contribution in [0.4, 0.5) is 5.82 Å². The molecule has 1 aromatic rings. The standard InChI is InChI=1S/C14H20ClN3O3/c1-16-12-3-2-11(15)13(17-12)14(20)18-6-4-10(5-7-18)21-9-8-19/h2-3,10,19H,4-9H2,1H3,(H,16,17). The highest BCUT2D eigenvalue weighted by molar-refractivity contribution is 6.33. The summed E-state index contributed by atoms with van der Waals surface area (Å²) in [7, 11) is 1.74. The van der Waals surface area contributed by atoms with Gasteiger partial charge in [0.2, 0.25) is 0 Å². The fraction of sp³-hybridized carbons (Fsp3) is 0.571. The van der Waals surface area contributed by atoms with E-state index in [0.29, 0.717) is 30.5 Å². The zero-order chi connectivity index (χ0) is 15.2. The first-order chi connectivity index (χ1) is 10.2. The predicted octanol–water partition coefficient (Wildman–Crippen LogP) is 1.39. The number of piperidine rings is 1. The number of ether oxygens (including phenoxy) is 1. The lowest BCUT2D eigenvalue weighted by Gasteiger charge is -2.31. The summed E-state index contributed by atoms with van der Waals surface area (Å²) in [6.45, 7) is 1.58. The molecule has 1 fully saturated rings. The lowest BCUT2D eigenvalue weighted by Crippen LogP contribution is -2.41. The summed E-state index contributed by atoms with van der Waals surface area (Å²) in [5.74, 6) is 0.460. The number of aliphatic hydroxyl groups excluding tert-OH is 1. The summed E-state index contributed by atoms with van der Waals surface area (Å²) in [4.78, 5) is 18.5. The van der Waals surface area contributed by atoms with Gasteiger partial charge in [0.25, 0.3) is 5.91 Å². The molecule has 0 radical (unpaired) electrons. The van der Waals surface area contributed by atoms with Crippen LogP contribution in [0.5, 0.6) is 0 Å². The number of amides is 1. The Labute approximate surface area is 129 Å². The van der Waals surface area contributed by atoms with Crippen LogP contribution in [-0.4, -0.2) is 60.4 Å². The molecule has 1 aromatic heterocycles. The number of rotatable bonds is 5. The molecule has 2 rings (SSSR count). The highest BCUT2D eigenvalue weighted by Gasteiger charge is 2.26. The maximum absolute atomic E-state index is 12.5. The number of hydrogen-bond acceptors (Lipinski definition) is 5. The molecular weight excluding hydrogens is 294 g/mol. The zero-order valence-corrected chi connectivity index (χ0v) is 12.8. The van der Waals surface area contributed by atoms with Crippen LogP contribution in [0.3, 0.4) is 0 Å². The molecule has 2 N–H and O–H groups in total. The fourth-order valence-corrected chi connectivity index (χ4v) is 2.51. The maximum Gasteiger partial charge on any atom is 0.274 e. The summed E-state index contributed by atoms with van der Waals surface area (Å²) >= 11 is 6.07. The Balaban J connectivity index is 1.98. The van der Waals surface area contributed by atoms with Crippen molar-refractivity contribution in [2.45, 2.75) is 18.9 Å². The van der Waals surface area contributed by atoms with Gasteiger partial charge in [0.05, 0.1) is 24.3 Å². The molecule has 0 aromatic carbocycles. The quantitative estimate of drug-likeness (QED) is 0.859. The number of nitrogens with zero attached hydrogens (tertiary/aromatic N) is 2. The van der Waals surface area contributed by atoms with Crippen LogP contribution in [-0.2, 0) is 4.74 Å². The van der Waals surface area contributed by atoms with Crippen LogP contribution in [0.1, 0.15) is 23.3 Å². The number of aliphatic hydroxyl groups is 1. The predicted molar refractivity (Wildman–Crippen MR) is 80.8 cm³/mol. The number of pyridine rings is 1. The topological polar surface area (TPSA) is 74.7 Å². The second kappa shape index (κ2) is 7.59. The van der Waals surface area contributed by atoms with Gasteiger partial charge in [-0.3, -0.25) is 4.79 Å². The van der Waals surface area contributed by atoms with Crippen LogP contribution < -0.4 is 5.32 Å². The first-order valence-corrected chi connectivity index (χ1v) is 7.39. The highest BCUT2D eigenvalue weighted by atomic mass is 35.5. The van der Waals surface area contributed by atoms with Crippen molar-refractivity contribution in [1.29, 1.82) is 0 Å². The van der Waals surface area contributed by atoms with Crippen molar-refractivity contribution >= 4 is 23.3 Å². The molecule has 0 bridgehead atoms. The van der Waals surface area contributed by atoms with Crippen molar-refractivity contribution in [2.24, 2.45) is 0 Å². The molecule has 0 spiro atoms. The van der Waals surface area contributed by atoms with Gasteiger partial charge in [-0.05, 0) is 25.0 Å². The van der Waals surface area contributed by atoms with E-state index in [4.69, 9.17) is 21.4 Å². The van der Waals surface area contributed by atoms with E-state index >= 15 is 0 Å². The van der Waals surface area contributed by atoms with Crippen molar-refractivity contribution in [3.8, 4) is 0 Å². The van der Waals surface area contributed by atoms with Gasteiger partial charge in [0.1, 0.15) is 11.5 Å². The van der Waals surface area contributed by atoms with Gasteiger partial charge in [-0.2, -0.15) is 0 Å². The molecule has 1 aliphatic rings. The van der Waals surface area contributed by atoms with Crippen LogP contribution in [0.15, 0.2) is 12.1 Å². The summed E-state index contributed by atoms with van der Waals surface area (Å²) in [5, 5.41) is 12.0. The Morgan fingerprint density at radius 3 is 2.86 bits per heavy atom. The van der Waals surface area contributed by atoms with Gasteiger partial charge in [-0.1, -0.05) is 11.6 Å². The van der Waals surface area contributed by atoms with Crippen LogP contribution >= 0.6 is 11.6 Å². The third kappa shape index (κ3) is 4.06. The summed E-state index contributed by atoms with van der Waals surface area (Å²) in [6.07, 6.45) is 1.62. The van der Waals surface area contributed by atoms with Gasteiger partial charge < -0.3 is 20.1 Å². The summed E-state index contributed by atoms with van der Waals surface area (Å²) < 4.78 is 5.49. The first-order valence-electron chi connectivity index (χ1n) is 7.01. The molecule has 0 aliphatic carbocycles. The minimum Gasteiger partial charge on any atom is -0.394 e. The average molecular weight is 314 g/mol. The molecule has 7 heteroatoms. The third-order valence-electron chi connectivity index (χ3n) is 3.48. The number of carbonyl (C=O) groups excluding carboxylic acids is 1. The third-order valence-corrected chi connectivity index (χ3v) is 3.78. The molecule has 1 aliphatic heterocycles. The first kappa shape index (κ1) is 16.0. The lowest BCUT2D eigenvalue weighted by atomic mass is 10.1. The van der Waals surface area contributed by atoms with Crippen molar-refractivity contribution in [1.82, 2.24) is 9.88 Å². The number of nitrogens with one attached hydrogen (secondary N) is 1. The lowest BCUT2D eigenvalue weighted by molar-refractivity contribution is -0.00564. The maximum atomic E-state index is 12.5. The molecule has 116 valence electrons. The molecule has 6 nitrogen and oxygen atoms in total. The van der Waals surface area contributed by atoms with E-state index < -0.39 is 0 Å². The summed E-state index contributed by atoms with van der Waals surface area (Å²) in [5.41, 5.74) is 0.276. The Bertz CT molecular complexity index is 490. The Morgan fingerprint density at radius 2 is 2.24 bits per heavy atom. The summed E-state index contributed by atoms with van der Waals surface area (Å²) in [6, 6.07) is 3.40. The average Bonchev–Trinajstić information content (AvgIpc) is 2.53. The van der Waals surface area contributed by atoms with E-state index in [-0.39, 0.29) is 24.3 Å². The SMILES string of the molecule is CNc1ccc(Cl)c(C(=O)N2CCC(OCCO)CC2)n1. The highest BCUT2D eigenvalue weighted by Crippen LogP contribution is 2.21. The fourth-order valence-electron chi connectivity index (χ4n) is 2.33. The zero-order valence-electron chi connectivity index (χ0n) is 12.0. The van der Waals surface area contributed by atoms with Crippen LogP contribution in [0, 0.1) is 0 Å². The van der Waals surface area contributed by atoms with E-state index in [9.17, 15) is 4.79 Å². The van der Waals surface area contributed by atoms with E-state index in [0.717, 1.165) is 12.8 Å². The molecule has 0 unspecified atom stereocenters. The minimum atomic E-state index is -0.155. The second-order valence-corrected chi connectivity index (χ2v) is 5.27.